The van der Waals surface area contributed by atoms with E-state index in [1.807, 2.05) is 6.92 Å². The molecule has 0 saturated carbocycles. The Morgan fingerprint density at radius 2 is 1.66 bits per heavy atom. The van der Waals surface area contributed by atoms with Gasteiger partial charge in [-0.1, -0.05) is 18.2 Å². The van der Waals surface area contributed by atoms with Crippen molar-refractivity contribution in [2.75, 3.05) is 31.7 Å². The molecule has 35 heavy (non-hydrogen) atoms. The molecule has 3 rings (SSSR count). The number of carbonyl (C=O) groups excluding carboxylic acids is 1. The lowest BCUT2D eigenvalue weighted by molar-refractivity contribution is -0.119. The Hall–Kier alpha value is -4.05. The third kappa shape index (κ3) is 6.51. The average molecular weight is 498 g/mol. The van der Waals surface area contributed by atoms with Gasteiger partial charge in [-0.25, -0.2) is 13.8 Å². The SMILES string of the molecule is CCOc1ccc(S(=O)(=O)N(CC(=O)N/N=C\c2cc(OC)ccc2OC)c2ccccc2)cc1. The van der Waals surface area contributed by atoms with Crippen LogP contribution in [0, 0.1) is 0 Å². The maximum absolute atomic E-state index is 13.4. The Morgan fingerprint density at radius 3 is 2.29 bits per heavy atom. The van der Waals surface area contributed by atoms with Gasteiger partial charge in [0.2, 0.25) is 0 Å². The number of methoxy groups -OCH3 is 2. The molecule has 0 atom stereocenters. The van der Waals surface area contributed by atoms with Crippen molar-refractivity contribution in [1.29, 1.82) is 0 Å². The highest BCUT2D eigenvalue weighted by molar-refractivity contribution is 7.92. The van der Waals surface area contributed by atoms with Crippen LogP contribution in [0.4, 0.5) is 5.69 Å². The second-order valence-corrected chi connectivity index (χ2v) is 9.02. The Labute approximate surface area is 205 Å². The minimum absolute atomic E-state index is 0.0298. The van der Waals surface area contributed by atoms with Gasteiger partial charge in [-0.15, -0.1) is 0 Å². The van der Waals surface area contributed by atoms with Gasteiger partial charge >= 0.3 is 0 Å². The number of benzene rings is 3. The highest BCUT2D eigenvalue weighted by atomic mass is 32.2. The van der Waals surface area contributed by atoms with Gasteiger partial charge < -0.3 is 14.2 Å². The summed E-state index contributed by atoms with van der Waals surface area (Å²) in [4.78, 5) is 12.7. The van der Waals surface area contributed by atoms with E-state index < -0.39 is 22.5 Å². The molecular weight excluding hydrogens is 470 g/mol. The summed E-state index contributed by atoms with van der Waals surface area (Å²) in [5, 5.41) is 3.96. The standard InChI is InChI=1S/C25H27N3O6S/c1-4-34-21-10-13-23(14-11-21)35(30,31)28(20-8-6-5-7-9-20)18-25(29)27-26-17-19-16-22(32-2)12-15-24(19)33-3/h5-17H,4,18H2,1-3H3,(H,27,29)/b26-17-. The van der Waals surface area contributed by atoms with Crippen molar-refractivity contribution in [3.63, 3.8) is 0 Å². The first kappa shape index (κ1) is 25.6. The summed E-state index contributed by atoms with van der Waals surface area (Å²) < 4.78 is 43.7. The molecule has 0 aromatic heterocycles. The molecule has 0 bridgehead atoms. The Balaban J connectivity index is 1.81. The molecule has 0 saturated heterocycles. The molecule has 9 nitrogen and oxygen atoms in total. The van der Waals surface area contributed by atoms with E-state index in [-0.39, 0.29) is 4.90 Å². The first-order valence-electron chi connectivity index (χ1n) is 10.7. The Bertz CT molecular complexity index is 1260. The summed E-state index contributed by atoms with van der Waals surface area (Å²) in [6.45, 7) is 1.82. The van der Waals surface area contributed by atoms with Gasteiger partial charge in [0.05, 0.1) is 37.6 Å². The average Bonchev–Trinajstić information content (AvgIpc) is 2.88. The third-order valence-electron chi connectivity index (χ3n) is 4.88. The number of amides is 1. The predicted octanol–water partition coefficient (Wildman–Crippen LogP) is 3.45. The smallest absolute Gasteiger partial charge is 0.264 e. The van der Waals surface area contributed by atoms with E-state index >= 15 is 0 Å². The number of sulfonamides is 1. The van der Waals surface area contributed by atoms with Crippen LogP contribution in [0.5, 0.6) is 17.2 Å². The van der Waals surface area contributed by atoms with E-state index in [1.165, 1.54) is 32.6 Å². The number of hydrogen-bond donors (Lipinski definition) is 1. The predicted molar refractivity (Wildman–Crippen MR) is 134 cm³/mol. The van der Waals surface area contributed by atoms with Gasteiger partial charge in [-0.2, -0.15) is 5.10 Å². The van der Waals surface area contributed by atoms with Crippen molar-refractivity contribution in [2.45, 2.75) is 11.8 Å². The third-order valence-corrected chi connectivity index (χ3v) is 6.67. The fourth-order valence-corrected chi connectivity index (χ4v) is 4.61. The van der Waals surface area contributed by atoms with E-state index in [9.17, 15) is 13.2 Å². The van der Waals surface area contributed by atoms with Crippen LogP contribution in [-0.4, -0.2) is 47.9 Å². The number of ether oxygens (including phenoxy) is 3. The zero-order valence-electron chi connectivity index (χ0n) is 19.7. The normalized spacial score (nSPS) is 11.2. The molecule has 0 radical (unpaired) electrons. The Morgan fingerprint density at radius 1 is 0.971 bits per heavy atom. The number of carbonyl (C=O) groups is 1. The van der Waals surface area contributed by atoms with Crippen LogP contribution < -0.4 is 23.9 Å². The van der Waals surface area contributed by atoms with Crippen molar-refractivity contribution >= 4 is 27.8 Å². The van der Waals surface area contributed by atoms with E-state index in [4.69, 9.17) is 14.2 Å². The highest BCUT2D eigenvalue weighted by Crippen LogP contribution is 2.25. The fourth-order valence-electron chi connectivity index (χ4n) is 3.19. The van der Waals surface area contributed by atoms with E-state index in [0.717, 1.165) is 4.31 Å². The van der Waals surface area contributed by atoms with Crippen molar-refractivity contribution in [3.8, 4) is 17.2 Å². The molecule has 0 fully saturated rings. The lowest BCUT2D eigenvalue weighted by atomic mass is 10.2. The minimum atomic E-state index is -4.05. The van der Waals surface area contributed by atoms with Crippen LogP contribution in [0.1, 0.15) is 12.5 Å². The Kier molecular flexibility index (Phi) is 8.69. The van der Waals surface area contributed by atoms with Gasteiger partial charge in [0.25, 0.3) is 15.9 Å². The summed E-state index contributed by atoms with van der Waals surface area (Å²) in [5.74, 6) is 1.06. The zero-order chi connectivity index (χ0) is 25.3. The molecule has 0 aliphatic carbocycles. The number of para-hydroxylation sites is 1. The molecule has 1 amide bonds. The number of hydrogen-bond acceptors (Lipinski definition) is 7. The van der Waals surface area contributed by atoms with Crippen LogP contribution >= 0.6 is 0 Å². The largest absolute Gasteiger partial charge is 0.497 e. The van der Waals surface area contributed by atoms with Crippen LogP contribution in [0.25, 0.3) is 0 Å². The van der Waals surface area contributed by atoms with Crippen LogP contribution in [0.15, 0.2) is 82.8 Å². The molecular formula is C25H27N3O6S. The zero-order valence-corrected chi connectivity index (χ0v) is 20.5. The maximum atomic E-state index is 13.4. The monoisotopic (exact) mass is 497 g/mol. The summed E-state index contributed by atoms with van der Waals surface area (Å²) in [7, 11) is -0.999. The van der Waals surface area contributed by atoms with Crippen molar-refractivity contribution in [1.82, 2.24) is 5.43 Å². The number of nitrogens with zero attached hydrogens (tertiary/aromatic N) is 2. The lowest BCUT2D eigenvalue weighted by Crippen LogP contribution is -2.39. The number of rotatable bonds is 11. The molecule has 0 spiro atoms. The van der Waals surface area contributed by atoms with Crippen molar-refractivity contribution in [3.05, 3.63) is 78.4 Å². The van der Waals surface area contributed by atoms with Gasteiger partial charge in [0.1, 0.15) is 23.8 Å². The van der Waals surface area contributed by atoms with Crippen LogP contribution in [0.2, 0.25) is 0 Å². The van der Waals surface area contributed by atoms with Gasteiger partial charge in [0.15, 0.2) is 0 Å². The summed E-state index contributed by atoms with van der Waals surface area (Å²) >= 11 is 0. The molecule has 0 aliphatic rings. The molecule has 3 aromatic rings. The quantitative estimate of drug-likeness (QED) is 0.321. The van der Waals surface area contributed by atoms with Crippen LogP contribution in [0.3, 0.4) is 0 Å². The molecule has 0 unspecified atom stereocenters. The van der Waals surface area contributed by atoms with Gasteiger partial charge in [-0.05, 0) is 61.5 Å². The molecule has 3 aromatic carbocycles. The fraction of sp³-hybridized carbons (Fsp3) is 0.200. The van der Waals surface area contributed by atoms with E-state index in [2.05, 4.69) is 10.5 Å². The van der Waals surface area contributed by atoms with Gasteiger partial charge in [-0.3, -0.25) is 9.10 Å². The summed E-state index contributed by atoms with van der Waals surface area (Å²) in [6, 6.07) is 19.6. The summed E-state index contributed by atoms with van der Waals surface area (Å²) in [6.07, 6.45) is 1.40. The second-order valence-electron chi connectivity index (χ2n) is 7.15. The highest BCUT2D eigenvalue weighted by Gasteiger charge is 2.27. The van der Waals surface area contributed by atoms with Crippen molar-refractivity contribution < 1.29 is 27.4 Å². The molecule has 184 valence electrons. The summed E-state index contributed by atoms with van der Waals surface area (Å²) in [5.41, 5.74) is 3.30. The first-order valence-corrected chi connectivity index (χ1v) is 12.2. The lowest BCUT2D eigenvalue weighted by Gasteiger charge is -2.23. The number of nitrogens with one attached hydrogen (secondary N) is 1. The maximum Gasteiger partial charge on any atom is 0.264 e. The first-order chi connectivity index (χ1) is 16.9. The topological polar surface area (TPSA) is 107 Å². The second kappa shape index (κ2) is 11.9. The van der Waals surface area contributed by atoms with E-state index in [0.29, 0.717) is 35.1 Å². The minimum Gasteiger partial charge on any atom is -0.497 e. The number of hydrazone groups is 1. The van der Waals surface area contributed by atoms with Crippen molar-refractivity contribution in [2.24, 2.45) is 5.10 Å². The van der Waals surface area contributed by atoms with E-state index in [1.54, 1.807) is 60.7 Å². The van der Waals surface area contributed by atoms with Crippen LogP contribution in [-0.2, 0) is 14.8 Å². The molecule has 0 heterocycles. The van der Waals surface area contributed by atoms with Gasteiger partial charge in [0, 0.05) is 5.56 Å². The molecule has 10 heteroatoms. The number of anilines is 1. The molecule has 0 aliphatic heterocycles. The molecule has 1 N–H and O–H groups in total.